The molecule has 0 spiro atoms. The zero-order chi connectivity index (χ0) is 51.4. The second kappa shape index (κ2) is 61.1. The van der Waals surface area contributed by atoms with Crippen LogP contribution < -0.4 is 5.32 Å². The van der Waals surface area contributed by atoms with Crippen molar-refractivity contribution in [2.24, 2.45) is 0 Å². The molecule has 6 nitrogen and oxygen atoms in total. The van der Waals surface area contributed by atoms with Gasteiger partial charge in [-0.05, 0) is 51.4 Å². The predicted octanol–water partition coefficient (Wildman–Crippen LogP) is 20.4. The number of nitrogens with one attached hydrogen (secondary N) is 1. The Morgan fingerprint density at radius 1 is 0.380 bits per heavy atom. The molecule has 0 aromatic heterocycles. The summed E-state index contributed by atoms with van der Waals surface area (Å²) in [4.78, 5) is 24.6. The number of allylic oxidation sites excluding steroid dienone is 2. The molecule has 0 radical (unpaired) electrons. The predicted molar refractivity (Wildman–Crippen MR) is 310 cm³/mol. The van der Waals surface area contributed by atoms with E-state index in [-0.39, 0.29) is 18.5 Å². The van der Waals surface area contributed by atoms with E-state index in [0.29, 0.717) is 25.9 Å². The van der Waals surface area contributed by atoms with Gasteiger partial charge in [0, 0.05) is 12.8 Å². The van der Waals surface area contributed by atoms with Crippen LogP contribution in [-0.4, -0.2) is 47.4 Å². The minimum atomic E-state index is -0.665. The van der Waals surface area contributed by atoms with Crippen LogP contribution in [0.15, 0.2) is 12.2 Å². The Morgan fingerprint density at radius 3 is 1.00 bits per heavy atom. The molecule has 0 aromatic rings. The average molecular weight is 1000 g/mol. The van der Waals surface area contributed by atoms with E-state index < -0.39 is 12.1 Å². The molecule has 0 aromatic carbocycles. The van der Waals surface area contributed by atoms with Crippen LogP contribution in [0.5, 0.6) is 0 Å². The fraction of sp³-hybridized carbons (Fsp3) is 0.938. The molecule has 0 aliphatic rings. The molecule has 2 atom stereocenters. The fourth-order valence-corrected chi connectivity index (χ4v) is 10.3. The number of ether oxygens (including phenoxy) is 1. The lowest BCUT2D eigenvalue weighted by atomic mass is 10.0. The normalized spacial score (nSPS) is 12.6. The largest absolute Gasteiger partial charge is 0.466 e. The monoisotopic (exact) mass is 1000 g/mol. The highest BCUT2D eigenvalue weighted by Gasteiger charge is 2.20. The van der Waals surface area contributed by atoms with Crippen LogP contribution in [0.2, 0.25) is 0 Å². The minimum Gasteiger partial charge on any atom is -0.466 e. The topological polar surface area (TPSA) is 95.9 Å². The van der Waals surface area contributed by atoms with Crippen LogP contribution in [0.4, 0.5) is 0 Å². The van der Waals surface area contributed by atoms with Crippen LogP contribution in [0, 0.1) is 0 Å². The molecule has 3 N–H and O–H groups in total. The maximum absolute atomic E-state index is 12.4. The standard InChI is InChI=1S/C65H127NO5/c1-3-5-7-9-11-13-15-16-17-18-25-29-32-35-39-43-47-51-55-59-65(70)71-60-56-52-48-44-40-36-33-30-27-24-22-20-19-21-23-26-28-31-34-38-42-46-50-54-58-64(69)66-62(61-67)63(68)57-53-49-45-41-37-14-12-10-8-6-4-2/h21,23,62-63,67-68H,3-20,22,24-61H2,1-2H3,(H,66,69)/b23-21-. The number of unbranched alkanes of at least 4 members (excludes halogenated alkanes) is 48. The summed E-state index contributed by atoms with van der Waals surface area (Å²) in [5.41, 5.74) is 0. The molecule has 0 rings (SSSR count). The van der Waals surface area contributed by atoms with Gasteiger partial charge in [0.2, 0.25) is 5.91 Å². The molecule has 422 valence electrons. The molecule has 71 heavy (non-hydrogen) atoms. The maximum atomic E-state index is 12.4. The Kier molecular flexibility index (Phi) is 59.9. The molecular formula is C65H127NO5. The average Bonchev–Trinajstić information content (AvgIpc) is 3.37. The van der Waals surface area contributed by atoms with Gasteiger partial charge in [0.05, 0.1) is 25.4 Å². The molecule has 0 fully saturated rings. The highest BCUT2D eigenvalue weighted by molar-refractivity contribution is 5.76. The molecule has 0 saturated carbocycles. The van der Waals surface area contributed by atoms with Gasteiger partial charge in [-0.25, -0.2) is 0 Å². The quantitative estimate of drug-likeness (QED) is 0.0320. The third-order valence-electron chi connectivity index (χ3n) is 15.3. The van der Waals surface area contributed by atoms with Gasteiger partial charge in [-0.3, -0.25) is 9.59 Å². The maximum Gasteiger partial charge on any atom is 0.305 e. The summed E-state index contributed by atoms with van der Waals surface area (Å²) in [7, 11) is 0. The molecule has 2 unspecified atom stereocenters. The first kappa shape index (κ1) is 69.6. The molecule has 0 heterocycles. The van der Waals surface area contributed by atoms with Crippen LogP contribution in [0.3, 0.4) is 0 Å². The SMILES string of the molecule is CCCCCCCCCCCCCCCCCCCCCC(=O)OCCCCCCCCCCCCCC/C=C\CCCCCCCCCCC(=O)NC(CO)C(O)CCCCCCCCCCCCC. The Hall–Kier alpha value is -1.40. The summed E-state index contributed by atoms with van der Waals surface area (Å²) in [6, 6.07) is -0.543. The van der Waals surface area contributed by atoms with Gasteiger partial charge >= 0.3 is 5.97 Å². The number of hydrogen-bond acceptors (Lipinski definition) is 5. The molecule has 0 bridgehead atoms. The number of amides is 1. The zero-order valence-corrected chi connectivity index (χ0v) is 48.2. The third-order valence-corrected chi connectivity index (χ3v) is 15.3. The van der Waals surface area contributed by atoms with E-state index in [0.717, 1.165) is 38.5 Å². The summed E-state index contributed by atoms with van der Waals surface area (Å²) in [5, 5.41) is 23.2. The van der Waals surface area contributed by atoms with Crippen molar-refractivity contribution < 1.29 is 24.5 Å². The third kappa shape index (κ3) is 57.7. The summed E-state index contributed by atoms with van der Waals surface area (Å²) in [6.45, 7) is 4.97. The van der Waals surface area contributed by atoms with Crippen LogP contribution in [-0.2, 0) is 14.3 Å². The smallest absolute Gasteiger partial charge is 0.305 e. The van der Waals surface area contributed by atoms with E-state index in [1.807, 2.05) is 0 Å². The first-order chi connectivity index (χ1) is 35.0. The number of carbonyl (C=O) groups excluding carboxylic acids is 2. The molecule has 0 aliphatic heterocycles. The lowest BCUT2D eigenvalue weighted by Gasteiger charge is -2.22. The van der Waals surface area contributed by atoms with E-state index in [9.17, 15) is 19.8 Å². The highest BCUT2D eigenvalue weighted by Crippen LogP contribution is 2.18. The molecule has 0 aliphatic carbocycles. The summed E-state index contributed by atoms with van der Waals surface area (Å²) in [6.07, 6.45) is 73.8. The molecule has 1 amide bonds. The number of esters is 1. The van der Waals surface area contributed by atoms with E-state index in [1.165, 1.54) is 295 Å². The lowest BCUT2D eigenvalue weighted by Crippen LogP contribution is -2.45. The van der Waals surface area contributed by atoms with Crippen LogP contribution in [0.1, 0.15) is 367 Å². The van der Waals surface area contributed by atoms with Crippen LogP contribution in [0.25, 0.3) is 0 Å². The van der Waals surface area contributed by atoms with Gasteiger partial charge in [-0.2, -0.15) is 0 Å². The number of rotatable bonds is 61. The Bertz CT molecular complexity index is 1060. The van der Waals surface area contributed by atoms with Crippen LogP contribution >= 0.6 is 0 Å². The van der Waals surface area contributed by atoms with Crippen molar-refractivity contribution in [2.45, 2.75) is 379 Å². The second-order valence-corrected chi connectivity index (χ2v) is 22.5. The zero-order valence-electron chi connectivity index (χ0n) is 48.2. The molecular weight excluding hydrogens is 875 g/mol. The van der Waals surface area contributed by atoms with E-state index in [4.69, 9.17) is 4.74 Å². The highest BCUT2D eigenvalue weighted by atomic mass is 16.5. The van der Waals surface area contributed by atoms with Crippen molar-refractivity contribution in [3.8, 4) is 0 Å². The first-order valence-electron chi connectivity index (χ1n) is 32.4. The van der Waals surface area contributed by atoms with E-state index >= 15 is 0 Å². The number of hydrogen-bond donors (Lipinski definition) is 3. The fourth-order valence-electron chi connectivity index (χ4n) is 10.3. The van der Waals surface area contributed by atoms with Gasteiger partial charge in [0.25, 0.3) is 0 Å². The lowest BCUT2D eigenvalue weighted by molar-refractivity contribution is -0.143. The molecule has 0 saturated heterocycles. The van der Waals surface area contributed by atoms with Crippen molar-refractivity contribution in [1.82, 2.24) is 5.32 Å². The van der Waals surface area contributed by atoms with Gasteiger partial charge in [-0.15, -0.1) is 0 Å². The van der Waals surface area contributed by atoms with Gasteiger partial charge in [0.15, 0.2) is 0 Å². The van der Waals surface area contributed by atoms with Crippen molar-refractivity contribution in [3.63, 3.8) is 0 Å². The Labute approximate surface area is 444 Å². The summed E-state index contributed by atoms with van der Waals surface area (Å²) in [5.74, 6) is -0.0209. The summed E-state index contributed by atoms with van der Waals surface area (Å²) < 4.78 is 5.51. The van der Waals surface area contributed by atoms with Crippen molar-refractivity contribution >= 4 is 11.9 Å². The van der Waals surface area contributed by atoms with Gasteiger partial charge in [0.1, 0.15) is 0 Å². The summed E-state index contributed by atoms with van der Waals surface area (Å²) >= 11 is 0. The van der Waals surface area contributed by atoms with Crippen molar-refractivity contribution in [1.29, 1.82) is 0 Å². The first-order valence-corrected chi connectivity index (χ1v) is 32.4. The van der Waals surface area contributed by atoms with Gasteiger partial charge < -0.3 is 20.3 Å². The molecule has 6 heteroatoms. The number of aliphatic hydroxyl groups excluding tert-OH is 2. The van der Waals surface area contributed by atoms with E-state index in [1.54, 1.807) is 0 Å². The number of carbonyl (C=O) groups is 2. The number of aliphatic hydroxyl groups is 2. The minimum absolute atomic E-state index is 0.0180. The van der Waals surface area contributed by atoms with E-state index in [2.05, 4.69) is 31.3 Å². The Morgan fingerprint density at radius 2 is 0.662 bits per heavy atom. The van der Waals surface area contributed by atoms with Crippen molar-refractivity contribution in [2.75, 3.05) is 13.2 Å². The van der Waals surface area contributed by atoms with Crippen molar-refractivity contribution in [3.05, 3.63) is 12.2 Å². The van der Waals surface area contributed by atoms with Gasteiger partial charge in [-0.1, -0.05) is 315 Å². The second-order valence-electron chi connectivity index (χ2n) is 22.5. The Balaban J connectivity index is 3.35.